The van der Waals surface area contributed by atoms with Crippen LogP contribution in [0.15, 0.2) is 35.8 Å². The van der Waals surface area contributed by atoms with Gasteiger partial charge in [0.1, 0.15) is 0 Å². The molecule has 0 fully saturated rings. The second-order valence-corrected chi connectivity index (χ2v) is 2.82. The van der Waals surface area contributed by atoms with Gasteiger partial charge in [0.05, 0.1) is 0 Å². The van der Waals surface area contributed by atoms with Crippen LogP contribution in [0.2, 0.25) is 0 Å². The first-order valence-corrected chi connectivity index (χ1v) is 3.72. The Morgan fingerprint density at radius 3 is 2.31 bits per heavy atom. The first-order chi connectivity index (χ1) is 5.94. The average molecular weight is 188 g/mol. The normalized spacial score (nSPS) is 19.1. The van der Waals surface area contributed by atoms with Crippen LogP contribution in [0.3, 0.4) is 0 Å². The Balaban J connectivity index is 2.93. The zero-order valence-corrected chi connectivity index (χ0v) is 7.43. The molecular formula is C9H10F2O2. The average Bonchev–Trinajstić information content (AvgIpc) is 2.24. The molecule has 0 saturated carbocycles. The third-order valence-corrected chi connectivity index (χ3v) is 1.31. The van der Waals surface area contributed by atoms with Crippen LogP contribution in [-0.4, -0.2) is 6.29 Å². The first-order valence-electron chi connectivity index (χ1n) is 3.72. The highest BCUT2D eigenvalue weighted by molar-refractivity contribution is 5.27. The molecule has 0 spiro atoms. The molecule has 0 amide bonds. The van der Waals surface area contributed by atoms with E-state index in [1.54, 1.807) is 13.8 Å². The van der Waals surface area contributed by atoms with Crippen LogP contribution < -0.4 is 0 Å². The van der Waals surface area contributed by atoms with Crippen molar-refractivity contribution in [1.82, 2.24) is 0 Å². The van der Waals surface area contributed by atoms with Crippen molar-refractivity contribution in [2.45, 2.75) is 20.1 Å². The van der Waals surface area contributed by atoms with Crippen LogP contribution in [0.4, 0.5) is 8.78 Å². The molecule has 1 rings (SSSR count). The van der Waals surface area contributed by atoms with E-state index in [4.69, 9.17) is 0 Å². The van der Waals surface area contributed by atoms with Crippen LogP contribution in [0.1, 0.15) is 13.8 Å². The highest BCUT2D eigenvalue weighted by atomic mass is 19.3. The molecule has 4 heteroatoms. The molecule has 0 saturated heterocycles. The van der Waals surface area contributed by atoms with Crippen LogP contribution in [-0.2, 0) is 9.47 Å². The second-order valence-electron chi connectivity index (χ2n) is 2.82. The maximum absolute atomic E-state index is 12.5. The van der Waals surface area contributed by atoms with Gasteiger partial charge in [-0.2, -0.15) is 0 Å². The number of alkyl halides is 2. The van der Waals surface area contributed by atoms with Crippen molar-refractivity contribution >= 4 is 0 Å². The lowest BCUT2D eigenvalue weighted by molar-refractivity contribution is -0.335. The van der Waals surface area contributed by atoms with Crippen molar-refractivity contribution < 1.29 is 18.3 Å². The molecule has 0 aliphatic carbocycles. The molecule has 0 unspecified atom stereocenters. The van der Waals surface area contributed by atoms with Crippen molar-refractivity contribution in [3.05, 3.63) is 35.8 Å². The van der Waals surface area contributed by atoms with Crippen molar-refractivity contribution in [3.8, 4) is 0 Å². The molecule has 0 aromatic heterocycles. The molecule has 0 atom stereocenters. The summed E-state index contributed by atoms with van der Waals surface area (Å²) in [7, 11) is 0. The third kappa shape index (κ3) is 2.31. The predicted molar refractivity (Wildman–Crippen MR) is 43.8 cm³/mol. The largest absolute Gasteiger partial charge is 0.586 e. The number of hydrogen-bond donors (Lipinski definition) is 0. The van der Waals surface area contributed by atoms with Crippen molar-refractivity contribution in [1.29, 1.82) is 0 Å². The van der Waals surface area contributed by atoms with Crippen LogP contribution in [0.25, 0.3) is 0 Å². The van der Waals surface area contributed by atoms with Gasteiger partial charge in [-0.1, -0.05) is 12.2 Å². The molecule has 1 aliphatic rings. The van der Waals surface area contributed by atoms with Crippen LogP contribution in [0, 0.1) is 0 Å². The fourth-order valence-electron chi connectivity index (χ4n) is 0.882. The summed E-state index contributed by atoms with van der Waals surface area (Å²) < 4.78 is 33.5. The highest BCUT2D eigenvalue weighted by Crippen LogP contribution is 2.34. The lowest BCUT2D eigenvalue weighted by atomic mass is 10.3. The number of ether oxygens (including phenoxy) is 2. The van der Waals surface area contributed by atoms with Gasteiger partial charge in [-0.15, -0.1) is 8.78 Å². The maximum atomic E-state index is 12.5. The summed E-state index contributed by atoms with van der Waals surface area (Å²) in [5.74, 6) is -0.0220. The topological polar surface area (TPSA) is 18.5 Å². The van der Waals surface area contributed by atoms with E-state index in [1.807, 2.05) is 0 Å². The zero-order chi connectivity index (χ0) is 10.1. The molecule has 1 heterocycles. The van der Waals surface area contributed by atoms with E-state index in [2.05, 4.69) is 16.1 Å². The van der Waals surface area contributed by atoms with Gasteiger partial charge in [0.15, 0.2) is 11.5 Å². The summed E-state index contributed by atoms with van der Waals surface area (Å²) in [6.45, 7) is 6.88. The van der Waals surface area contributed by atoms with Gasteiger partial charge in [0.25, 0.3) is 0 Å². The lowest BCUT2D eigenvalue weighted by Crippen LogP contribution is -2.16. The van der Waals surface area contributed by atoms with Crippen molar-refractivity contribution in [2.75, 3.05) is 0 Å². The fourth-order valence-corrected chi connectivity index (χ4v) is 0.882. The van der Waals surface area contributed by atoms with Gasteiger partial charge in [0.2, 0.25) is 0 Å². The molecule has 0 radical (unpaired) electrons. The lowest BCUT2D eigenvalue weighted by Gasteiger charge is -2.06. The minimum Gasteiger partial charge on any atom is -0.395 e. The first kappa shape index (κ1) is 9.77. The summed E-state index contributed by atoms with van der Waals surface area (Å²) in [6.07, 6.45) is -0.904. The van der Waals surface area contributed by atoms with E-state index < -0.39 is 6.29 Å². The Labute approximate surface area is 75.1 Å². The summed E-state index contributed by atoms with van der Waals surface area (Å²) in [4.78, 5) is 0. The second kappa shape index (κ2) is 3.20. The van der Waals surface area contributed by atoms with E-state index in [0.717, 1.165) is 5.57 Å². The number of halogens is 2. The van der Waals surface area contributed by atoms with E-state index in [9.17, 15) is 8.78 Å². The molecule has 13 heavy (non-hydrogen) atoms. The standard InChI is InChI=1S/C9H10F2O2/c1-4-7-8(5-6(2)3)13-9(10,11)12-7/h4-5H,1H2,2-3H3. The van der Waals surface area contributed by atoms with E-state index in [0.29, 0.717) is 0 Å². The number of hydrogen-bond acceptors (Lipinski definition) is 2. The molecule has 2 nitrogen and oxygen atoms in total. The highest BCUT2D eigenvalue weighted by Gasteiger charge is 2.43. The van der Waals surface area contributed by atoms with Gasteiger partial charge in [-0.25, -0.2) is 0 Å². The quantitative estimate of drug-likeness (QED) is 0.663. The zero-order valence-electron chi connectivity index (χ0n) is 7.43. The SMILES string of the molecule is C=CC1=C(C=C(C)C)OC(F)(F)O1. The summed E-state index contributed by atoms with van der Waals surface area (Å²) in [6, 6.07) is 0. The molecule has 0 N–H and O–H groups in total. The number of rotatable bonds is 2. The van der Waals surface area contributed by atoms with Crippen LogP contribution in [0.5, 0.6) is 0 Å². The molecule has 72 valence electrons. The maximum Gasteiger partial charge on any atom is 0.586 e. The van der Waals surface area contributed by atoms with Crippen molar-refractivity contribution in [3.63, 3.8) is 0 Å². The Morgan fingerprint density at radius 1 is 1.31 bits per heavy atom. The molecule has 0 bridgehead atoms. The predicted octanol–water partition coefficient (Wildman–Crippen LogP) is 2.95. The Morgan fingerprint density at radius 2 is 1.85 bits per heavy atom. The smallest absolute Gasteiger partial charge is 0.395 e. The van der Waals surface area contributed by atoms with E-state index in [1.165, 1.54) is 12.2 Å². The monoisotopic (exact) mass is 188 g/mol. The minimum absolute atomic E-state index is 0.0139. The van der Waals surface area contributed by atoms with E-state index >= 15 is 0 Å². The number of allylic oxidation sites excluding steroid dienone is 3. The minimum atomic E-state index is -3.56. The fraction of sp³-hybridized carbons (Fsp3) is 0.333. The molecule has 0 aromatic rings. The van der Waals surface area contributed by atoms with Gasteiger partial charge < -0.3 is 9.47 Å². The summed E-state index contributed by atoms with van der Waals surface area (Å²) >= 11 is 0. The summed E-state index contributed by atoms with van der Waals surface area (Å²) in [5, 5.41) is 0. The van der Waals surface area contributed by atoms with E-state index in [-0.39, 0.29) is 11.5 Å². The third-order valence-electron chi connectivity index (χ3n) is 1.31. The van der Waals surface area contributed by atoms with Gasteiger partial charge in [-0.05, 0) is 26.0 Å². The van der Waals surface area contributed by atoms with Gasteiger partial charge in [-0.3, -0.25) is 0 Å². The Hall–Kier alpha value is -1.32. The van der Waals surface area contributed by atoms with Crippen molar-refractivity contribution in [2.24, 2.45) is 0 Å². The van der Waals surface area contributed by atoms with Gasteiger partial charge >= 0.3 is 6.29 Å². The molecule has 1 aliphatic heterocycles. The Bertz CT molecular complexity index is 286. The van der Waals surface area contributed by atoms with Crippen LogP contribution >= 0.6 is 0 Å². The Kier molecular flexibility index (Phi) is 2.40. The molecule has 0 aromatic carbocycles. The van der Waals surface area contributed by atoms with Gasteiger partial charge in [0, 0.05) is 0 Å². The summed E-state index contributed by atoms with van der Waals surface area (Å²) in [5.41, 5.74) is 0.843. The molecular weight excluding hydrogens is 178 g/mol.